The summed E-state index contributed by atoms with van der Waals surface area (Å²) in [7, 11) is 0. The average molecular weight is 187 g/mol. The van der Waals surface area contributed by atoms with Gasteiger partial charge in [-0.3, -0.25) is 9.78 Å². The smallest absolute Gasteiger partial charge is 0.266 e. The maximum absolute atomic E-state index is 11.0. The van der Waals surface area contributed by atoms with Gasteiger partial charge in [0.1, 0.15) is 6.04 Å². The van der Waals surface area contributed by atoms with Crippen LogP contribution in [0, 0.1) is 0 Å². The number of nitrogens with two attached hydrogens (primary N) is 1. The van der Waals surface area contributed by atoms with Crippen LogP contribution >= 0.6 is 0 Å². The first-order chi connectivity index (χ1) is 6.77. The van der Waals surface area contributed by atoms with Crippen LogP contribution in [0.3, 0.4) is 0 Å². The number of carbonyl (C=O) groups excluding carboxylic acids is 1. The van der Waals surface area contributed by atoms with Gasteiger partial charge in [-0.2, -0.15) is 0 Å². The third-order valence-electron chi connectivity index (χ3n) is 1.99. The van der Waals surface area contributed by atoms with Crippen LogP contribution in [0.25, 0.3) is 5.57 Å². The van der Waals surface area contributed by atoms with Gasteiger partial charge >= 0.3 is 0 Å². The lowest BCUT2D eigenvalue weighted by atomic mass is 10.0. The second-order valence-corrected chi connectivity index (χ2v) is 2.98. The first-order valence-electron chi connectivity index (χ1n) is 4.23. The number of dihydropyridines is 1. The van der Waals surface area contributed by atoms with Crippen molar-refractivity contribution in [3.63, 3.8) is 0 Å². The van der Waals surface area contributed by atoms with Gasteiger partial charge in [-0.15, -0.1) is 0 Å². The molecule has 4 nitrogen and oxygen atoms in total. The first kappa shape index (κ1) is 8.77. The van der Waals surface area contributed by atoms with Crippen molar-refractivity contribution in [3.8, 4) is 0 Å². The number of carbonyl (C=O) groups is 1. The van der Waals surface area contributed by atoms with Crippen LogP contribution in [0.5, 0.6) is 0 Å². The number of nitrogens with zero attached hydrogens (tertiary/aromatic N) is 2. The third kappa shape index (κ3) is 1.60. The van der Waals surface area contributed by atoms with Crippen molar-refractivity contribution >= 4 is 17.7 Å². The van der Waals surface area contributed by atoms with Crippen LogP contribution in [0.15, 0.2) is 35.6 Å². The van der Waals surface area contributed by atoms with E-state index in [0.717, 1.165) is 11.1 Å². The van der Waals surface area contributed by atoms with Crippen LogP contribution in [0.2, 0.25) is 0 Å². The SMILES string of the molecule is NC1C=C(c2ccncc2)C=NC1=O. The molecule has 70 valence electrons. The van der Waals surface area contributed by atoms with Crippen LogP contribution in [0.1, 0.15) is 5.56 Å². The van der Waals surface area contributed by atoms with E-state index in [0.29, 0.717) is 0 Å². The molecule has 0 aliphatic carbocycles. The molecule has 4 heteroatoms. The van der Waals surface area contributed by atoms with Gasteiger partial charge in [0.15, 0.2) is 0 Å². The molecule has 0 bridgehead atoms. The molecule has 2 heterocycles. The molecule has 1 aromatic rings. The monoisotopic (exact) mass is 187 g/mol. The van der Waals surface area contributed by atoms with Crippen LogP contribution in [0.4, 0.5) is 0 Å². The second-order valence-electron chi connectivity index (χ2n) is 2.98. The Morgan fingerprint density at radius 1 is 1.29 bits per heavy atom. The lowest BCUT2D eigenvalue weighted by Crippen LogP contribution is -2.29. The van der Waals surface area contributed by atoms with Gasteiger partial charge in [-0.05, 0) is 29.3 Å². The van der Waals surface area contributed by atoms with Gasteiger partial charge in [-0.1, -0.05) is 0 Å². The Kier molecular flexibility index (Phi) is 2.20. The van der Waals surface area contributed by atoms with Crippen LogP contribution in [-0.2, 0) is 4.79 Å². The van der Waals surface area contributed by atoms with Crippen LogP contribution in [-0.4, -0.2) is 23.1 Å². The summed E-state index contributed by atoms with van der Waals surface area (Å²) < 4.78 is 0. The number of allylic oxidation sites excluding steroid dienone is 1. The predicted molar refractivity (Wildman–Crippen MR) is 53.7 cm³/mol. The van der Waals surface area contributed by atoms with Crippen LogP contribution < -0.4 is 5.73 Å². The Hall–Kier alpha value is -1.81. The zero-order valence-corrected chi connectivity index (χ0v) is 7.42. The summed E-state index contributed by atoms with van der Waals surface area (Å²) in [5, 5.41) is 0. The number of hydrogen-bond donors (Lipinski definition) is 1. The molecule has 2 rings (SSSR count). The normalized spacial score (nSPS) is 20.8. The molecule has 0 aromatic carbocycles. The number of aliphatic imine (C=N–C) groups is 1. The lowest BCUT2D eigenvalue weighted by molar-refractivity contribution is -0.118. The molecule has 1 aliphatic rings. The van der Waals surface area contributed by atoms with Gasteiger partial charge in [0, 0.05) is 18.6 Å². The Bertz CT molecular complexity index is 409. The van der Waals surface area contributed by atoms with Crippen molar-refractivity contribution in [3.05, 3.63) is 36.2 Å². The molecule has 0 radical (unpaired) electrons. The van der Waals surface area contributed by atoms with Gasteiger partial charge in [-0.25, -0.2) is 4.99 Å². The standard InChI is InChI=1S/C10H9N3O/c11-9-5-8(6-13-10(9)14)7-1-3-12-4-2-7/h1-6,9H,11H2. The lowest BCUT2D eigenvalue weighted by Gasteiger charge is -2.10. The van der Waals surface area contributed by atoms with E-state index in [4.69, 9.17) is 5.73 Å². The minimum atomic E-state index is -0.622. The molecule has 0 spiro atoms. The van der Waals surface area contributed by atoms with Crippen molar-refractivity contribution in [2.24, 2.45) is 10.7 Å². The quantitative estimate of drug-likeness (QED) is 0.692. The van der Waals surface area contributed by atoms with E-state index >= 15 is 0 Å². The minimum absolute atomic E-state index is 0.303. The average Bonchev–Trinajstić information content (AvgIpc) is 2.23. The predicted octanol–water partition coefficient (Wildman–Crippen LogP) is 0.403. The van der Waals surface area contributed by atoms with Gasteiger partial charge < -0.3 is 5.73 Å². The Morgan fingerprint density at radius 2 is 2.00 bits per heavy atom. The largest absolute Gasteiger partial charge is 0.317 e. The molecule has 0 saturated carbocycles. The highest BCUT2D eigenvalue weighted by Crippen LogP contribution is 2.14. The number of pyridine rings is 1. The summed E-state index contributed by atoms with van der Waals surface area (Å²) in [6.07, 6.45) is 6.60. The van der Waals surface area contributed by atoms with Crippen molar-refractivity contribution in [2.45, 2.75) is 6.04 Å². The zero-order chi connectivity index (χ0) is 9.97. The summed E-state index contributed by atoms with van der Waals surface area (Å²) in [4.78, 5) is 18.6. The Balaban J connectivity index is 2.34. The highest BCUT2D eigenvalue weighted by atomic mass is 16.1. The fourth-order valence-corrected chi connectivity index (χ4v) is 1.24. The maximum Gasteiger partial charge on any atom is 0.266 e. The molecule has 0 saturated heterocycles. The highest BCUT2D eigenvalue weighted by Gasteiger charge is 2.14. The molecule has 1 aliphatic heterocycles. The Morgan fingerprint density at radius 3 is 2.64 bits per heavy atom. The third-order valence-corrected chi connectivity index (χ3v) is 1.99. The molecule has 2 N–H and O–H groups in total. The maximum atomic E-state index is 11.0. The molecule has 1 atom stereocenters. The van der Waals surface area contributed by atoms with E-state index in [1.807, 2.05) is 12.1 Å². The van der Waals surface area contributed by atoms with Crippen molar-refractivity contribution < 1.29 is 4.79 Å². The molecule has 14 heavy (non-hydrogen) atoms. The molecule has 0 fully saturated rings. The van der Waals surface area contributed by atoms with E-state index in [1.165, 1.54) is 6.21 Å². The topological polar surface area (TPSA) is 68.3 Å². The molecule has 1 aromatic heterocycles. The Labute approximate surface area is 81.2 Å². The number of hydrogen-bond acceptors (Lipinski definition) is 3. The van der Waals surface area contributed by atoms with E-state index in [9.17, 15) is 4.79 Å². The molecule has 1 amide bonds. The van der Waals surface area contributed by atoms with Crippen molar-refractivity contribution in [2.75, 3.05) is 0 Å². The first-order valence-corrected chi connectivity index (χ1v) is 4.23. The van der Waals surface area contributed by atoms with Gasteiger partial charge in [0.25, 0.3) is 5.91 Å². The summed E-state index contributed by atoms with van der Waals surface area (Å²) in [6.45, 7) is 0. The van der Waals surface area contributed by atoms with Gasteiger partial charge in [0.05, 0.1) is 0 Å². The minimum Gasteiger partial charge on any atom is -0.317 e. The van der Waals surface area contributed by atoms with E-state index in [2.05, 4.69) is 9.98 Å². The van der Waals surface area contributed by atoms with E-state index in [-0.39, 0.29) is 5.91 Å². The molecule has 1 unspecified atom stereocenters. The number of rotatable bonds is 1. The van der Waals surface area contributed by atoms with E-state index < -0.39 is 6.04 Å². The van der Waals surface area contributed by atoms with Gasteiger partial charge in [0.2, 0.25) is 0 Å². The summed E-state index contributed by atoms with van der Waals surface area (Å²) in [5.41, 5.74) is 7.38. The molecular weight excluding hydrogens is 178 g/mol. The number of aromatic nitrogens is 1. The zero-order valence-electron chi connectivity index (χ0n) is 7.42. The highest BCUT2D eigenvalue weighted by molar-refractivity contribution is 6.17. The summed E-state index contributed by atoms with van der Waals surface area (Å²) >= 11 is 0. The second kappa shape index (κ2) is 3.51. The number of amides is 1. The van der Waals surface area contributed by atoms with Crippen molar-refractivity contribution in [1.29, 1.82) is 0 Å². The fraction of sp³-hybridized carbons (Fsp3) is 0.100. The molecular formula is C10H9N3O. The van der Waals surface area contributed by atoms with Crippen molar-refractivity contribution in [1.82, 2.24) is 4.98 Å². The summed E-state index contributed by atoms with van der Waals surface area (Å²) in [5.74, 6) is -0.303. The van der Waals surface area contributed by atoms with E-state index in [1.54, 1.807) is 18.5 Å². The fourth-order valence-electron chi connectivity index (χ4n) is 1.24. The summed E-state index contributed by atoms with van der Waals surface area (Å²) in [6, 6.07) is 3.07.